The van der Waals surface area contributed by atoms with E-state index >= 15 is 0 Å². The van der Waals surface area contributed by atoms with Crippen molar-refractivity contribution in [1.82, 2.24) is 5.32 Å². The molecule has 1 aromatic carbocycles. The highest BCUT2D eigenvalue weighted by molar-refractivity contribution is 9.10. The number of halogens is 1. The van der Waals surface area contributed by atoms with Crippen LogP contribution in [0.2, 0.25) is 0 Å². The van der Waals surface area contributed by atoms with E-state index in [1.807, 2.05) is 0 Å². The molecule has 2 aliphatic rings. The van der Waals surface area contributed by atoms with Crippen LogP contribution in [-0.2, 0) is 6.54 Å². The highest BCUT2D eigenvalue weighted by Crippen LogP contribution is 2.48. The summed E-state index contributed by atoms with van der Waals surface area (Å²) in [5.41, 5.74) is 2.13. The van der Waals surface area contributed by atoms with Crippen molar-refractivity contribution in [3.8, 4) is 0 Å². The van der Waals surface area contributed by atoms with Gasteiger partial charge in [0.1, 0.15) is 0 Å². The summed E-state index contributed by atoms with van der Waals surface area (Å²) in [7, 11) is 0. The topological polar surface area (TPSA) is 12.0 Å². The van der Waals surface area contributed by atoms with Gasteiger partial charge in [-0.3, -0.25) is 0 Å². The summed E-state index contributed by atoms with van der Waals surface area (Å²) in [4.78, 5) is 0. The Hall–Kier alpha value is -0.340. The van der Waals surface area contributed by atoms with Gasteiger partial charge in [-0.15, -0.1) is 0 Å². The smallest absolute Gasteiger partial charge is 0.0220 e. The average molecular weight is 322 g/mol. The molecule has 3 rings (SSSR count). The normalized spacial score (nSPS) is 23.0. The van der Waals surface area contributed by atoms with Gasteiger partial charge < -0.3 is 5.32 Å². The highest BCUT2D eigenvalue weighted by Gasteiger charge is 2.37. The Labute approximate surface area is 125 Å². The van der Waals surface area contributed by atoms with E-state index < -0.39 is 0 Å². The van der Waals surface area contributed by atoms with Crippen LogP contribution < -0.4 is 5.32 Å². The van der Waals surface area contributed by atoms with E-state index in [2.05, 4.69) is 45.5 Å². The van der Waals surface area contributed by atoms with Crippen LogP contribution in [0.25, 0.3) is 0 Å². The van der Waals surface area contributed by atoms with Crippen molar-refractivity contribution in [3.05, 3.63) is 34.3 Å². The van der Waals surface area contributed by atoms with Gasteiger partial charge in [0.05, 0.1) is 0 Å². The van der Waals surface area contributed by atoms with Crippen LogP contribution in [0.3, 0.4) is 0 Å². The first-order valence-corrected chi connectivity index (χ1v) is 8.54. The molecule has 0 atom stereocenters. The Kier molecular flexibility index (Phi) is 4.28. The van der Waals surface area contributed by atoms with Crippen LogP contribution in [0, 0.1) is 5.41 Å². The summed E-state index contributed by atoms with van der Waals surface area (Å²) in [5.74, 6) is 0. The second-order valence-corrected chi connectivity index (χ2v) is 7.31. The Morgan fingerprint density at radius 1 is 1.05 bits per heavy atom. The molecule has 1 spiro atoms. The van der Waals surface area contributed by atoms with Crippen molar-refractivity contribution >= 4 is 15.9 Å². The van der Waals surface area contributed by atoms with Crippen LogP contribution in [0.15, 0.2) is 28.7 Å². The van der Waals surface area contributed by atoms with Gasteiger partial charge in [-0.2, -0.15) is 0 Å². The predicted octanol–water partition coefficient (Wildman–Crippen LogP) is 5.04. The molecule has 0 bridgehead atoms. The van der Waals surface area contributed by atoms with Gasteiger partial charge in [-0.1, -0.05) is 47.0 Å². The third-order valence-electron chi connectivity index (χ3n) is 5.25. The molecule has 0 saturated heterocycles. The Morgan fingerprint density at radius 2 is 1.74 bits per heavy atom. The minimum Gasteiger partial charge on any atom is -0.310 e. The monoisotopic (exact) mass is 321 g/mol. The maximum Gasteiger partial charge on any atom is 0.0220 e. The standard InChI is InChI=1S/C17H24BrN/c18-16-6-2-1-5-14(16)13-19-15-7-11-17(12-8-15)9-3-4-10-17/h1-2,5-6,15,19H,3-4,7-13H2. The van der Waals surface area contributed by atoms with Gasteiger partial charge in [0.2, 0.25) is 0 Å². The number of nitrogens with one attached hydrogen (secondary N) is 1. The quantitative estimate of drug-likeness (QED) is 0.822. The van der Waals surface area contributed by atoms with Crippen LogP contribution in [0.1, 0.15) is 56.9 Å². The van der Waals surface area contributed by atoms with E-state index in [1.54, 1.807) is 0 Å². The summed E-state index contributed by atoms with van der Waals surface area (Å²) in [5, 5.41) is 3.76. The van der Waals surface area contributed by atoms with Crippen molar-refractivity contribution in [3.63, 3.8) is 0 Å². The first kappa shape index (κ1) is 13.6. The first-order chi connectivity index (χ1) is 9.27. The SMILES string of the molecule is Brc1ccccc1CNC1CCC2(CCCC2)CC1. The summed E-state index contributed by atoms with van der Waals surface area (Å²) in [6.45, 7) is 0.999. The zero-order valence-electron chi connectivity index (χ0n) is 11.6. The molecule has 19 heavy (non-hydrogen) atoms. The van der Waals surface area contributed by atoms with Crippen molar-refractivity contribution in [2.75, 3.05) is 0 Å². The van der Waals surface area contributed by atoms with Gasteiger partial charge in [-0.05, 0) is 55.6 Å². The molecule has 2 saturated carbocycles. The fraction of sp³-hybridized carbons (Fsp3) is 0.647. The fourth-order valence-electron chi connectivity index (χ4n) is 3.96. The molecule has 2 heteroatoms. The molecule has 0 heterocycles. The molecule has 1 aromatic rings. The lowest BCUT2D eigenvalue weighted by molar-refractivity contribution is 0.168. The summed E-state index contributed by atoms with van der Waals surface area (Å²) < 4.78 is 1.23. The van der Waals surface area contributed by atoms with Crippen molar-refractivity contribution in [1.29, 1.82) is 0 Å². The predicted molar refractivity (Wildman–Crippen MR) is 84.1 cm³/mol. The van der Waals surface area contributed by atoms with Crippen LogP contribution >= 0.6 is 15.9 Å². The van der Waals surface area contributed by atoms with Crippen LogP contribution in [0.4, 0.5) is 0 Å². The Bertz CT molecular complexity index is 413. The Balaban J connectivity index is 1.49. The van der Waals surface area contributed by atoms with E-state index in [-0.39, 0.29) is 0 Å². The molecule has 2 fully saturated rings. The lowest BCUT2D eigenvalue weighted by Crippen LogP contribution is -2.36. The lowest BCUT2D eigenvalue weighted by Gasteiger charge is -2.37. The number of benzene rings is 1. The first-order valence-electron chi connectivity index (χ1n) is 7.74. The zero-order valence-corrected chi connectivity index (χ0v) is 13.2. The van der Waals surface area contributed by atoms with Gasteiger partial charge in [0.25, 0.3) is 0 Å². The minimum absolute atomic E-state index is 0.735. The van der Waals surface area contributed by atoms with Gasteiger partial charge >= 0.3 is 0 Å². The maximum absolute atomic E-state index is 3.76. The lowest BCUT2D eigenvalue weighted by atomic mass is 9.71. The van der Waals surface area contributed by atoms with E-state index in [1.165, 1.54) is 61.4 Å². The summed E-state index contributed by atoms with van der Waals surface area (Å²) in [6.07, 6.45) is 11.6. The maximum atomic E-state index is 3.76. The minimum atomic E-state index is 0.735. The largest absolute Gasteiger partial charge is 0.310 e. The van der Waals surface area contributed by atoms with E-state index in [4.69, 9.17) is 0 Å². The fourth-order valence-corrected chi connectivity index (χ4v) is 4.38. The average Bonchev–Trinajstić information content (AvgIpc) is 2.88. The summed E-state index contributed by atoms with van der Waals surface area (Å²) in [6, 6.07) is 9.27. The number of hydrogen-bond acceptors (Lipinski definition) is 1. The van der Waals surface area contributed by atoms with Crippen LogP contribution in [-0.4, -0.2) is 6.04 Å². The molecule has 2 aliphatic carbocycles. The van der Waals surface area contributed by atoms with Gasteiger partial charge in [0.15, 0.2) is 0 Å². The summed E-state index contributed by atoms with van der Waals surface area (Å²) >= 11 is 3.63. The third kappa shape index (κ3) is 3.22. The van der Waals surface area contributed by atoms with E-state index in [9.17, 15) is 0 Å². The second-order valence-electron chi connectivity index (χ2n) is 6.45. The molecule has 1 nitrogen and oxygen atoms in total. The molecule has 0 aromatic heterocycles. The molecular formula is C17H24BrN. The Morgan fingerprint density at radius 3 is 2.42 bits per heavy atom. The molecule has 0 aliphatic heterocycles. The van der Waals surface area contributed by atoms with Crippen molar-refractivity contribution in [2.45, 2.75) is 64.0 Å². The van der Waals surface area contributed by atoms with Crippen molar-refractivity contribution in [2.24, 2.45) is 5.41 Å². The number of hydrogen-bond donors (Lipinski definition) is 1. The third-order valence-corrected chi connectivity index (χ3v) is 6.02. The molecule has 1 N–H and O–H groups in total. The molecule has 0 radical (unpaired) electrons. The van der Waals surface area contributed by atoms with E-state index in [0.717, 1.165) is 18.0 Å². The zero-order chi connectivity index (χ0) is 13.1. The number of rotatable bonds is 3. The second kappa shape index (κ2) is 5.97. The van der Waals surface area contributed by atoms with E-state index in [0.29, 0.717) is 0 Å². The van der Waals surface area contributed by atoms with Gasteiger partial charge in [-0.25, -0.2) is 0 Å². The molecule has 0 amide bonds. The van der Waals surface area contributed by atoms with Crippen LogP contribution in [0.5, 0.6) is 0 Å². The van der Waals surface area contributed by atoms with Gasteiger partial charge in [0, 0.05) is 17.1 Å². The molecule has 0 unspecified atom stereocenters. The molecular weight excluding hydrogens is 298 g/mol. The van der Waals surface area contributed by atoms with Crippen molar-refractivity contribution < 1.29 is 0 Å². The molecule has 104 valence electrons. The highest BCUT2D eigenvalue weighted by atomic mass is 79.9.